The van der Waals surface area contributed by atoms with Crippen LogP contribution >= 0.6 is 0 Å². The third-order valence-corrected chi connectivity index (χ3v) is 3.55. The minimum absolute atomic E-state index is 0.0922. The lowest BCUT2D eigenvalue weighted by Crippen LogP contribution is -2.24. The normalized spacial score (nSPS) is 11.8. The van der Waals surface area contributed by atoms with E-state index in [-0.39, 0.29) is 12.1 Å². The highest BCUT2D eigenvalue weighted by Gasteiger charge is 2.21. The third kappa shape index (κ3) is 3.13. The second-order valence-electron chi connectivity index (χ2n) is 6.58. The standard InChI is InChI=1S/C18H20N2O3/c1-12-9-15(19-20(12)18(2,3)4)17(21)22-11-14-10-13-7-5-6-8-16(13)23-14/h5-10H,11H2,1-4H3. The molecule has 0 radical (unpaired) electrons. The maximum Gasteiger partial charge on any atom is 0.359 e. The topological polar surface area (TPSA) is 57.3 Å². The monoisotopic (exact) mass is 312 g/mol. The number of nitrogens with zero attached hydrogens (tertiary/aromatic N) is 2. The molecule has 0 amide bonds. The van der Waals surface area contributed by atoms with Crippen LogP contribution in [0.5, 0.6) is 0 Å². The van der Waals surface area contributed by atoms with Gasteiger partial charge in [-0.05, 0) is 45.9 Å². The van der Waals surface area contributed by atoms with Crippen molar-refractivity contribution in [1.82, 2.24) is 9.78 Å². The Morgan fingerprint density at radius 3 is 2.65 bits per heavy atom. The van der Waals surface area contributed by atoms with E-state index in [0.29, 0.717) is 11.5 Å². The quantitative estimate of drug-likeness (QED) is 0.685. The first-order valence-electron chi connectivity index (χ1n) is 7.56. The minimum Gasteiger partial charge on any atom is -0.457 e. The summed E-state index contributed by atoms with van der Waals surface area (Å²) in [6.07, 6.45) is 0. The molecule has 3 rings (SSSR count). The number of carbonyl (C=O) groups excluding carboxylic acids is 1. The fraction of sp³-hybridized carbons (Fsp3) is 0.333. The van der Waals surface area contributed by atoms with Crippen molar-refractivity contribution in [1.29, 1.82) is 0 Å². The lowest BCUT2D eigenvalue weighted by molar-refractivity contribution is 0.0439. The SMILES string of the molecule is Cc1cc(C(=O)OCc2cc3ccccc3o2)nn1C(C)(C)C. The molecule has 120 valence electrons. The van der Waals surface area contributed by atoms with Gasteiger partial charge in [0.15, 0.2) is 5.69 Å². The molecule has 3 aromatic rings. The smallest absolute Gasteiger partial charge is 0.359 e. The zero-order valence-electron chi connectivity index (χ0n) is 13.8. The zero-order chi connectivity index (χ0) is 16.6. The Kier molecular flexibility index (Phi) is 3.72. The molecule has 0 bridgehead atoms. The van der Waals surface area contributed by atoms with Crippen molar-refractivity contribution in [3.05, 3.63) is 53.5 Å². The lowest BCUT2D eigenvalue weighted by Gasteiger charge is -2.21. The number of furan rings is 1. The Morgan fingerprint density at radius 1 is 1.26 bits per heavy atom. The van der Waals surface area contributed by atoms with Crippen LogP contribution in [0.2, 0.25) is 0 Å². The zero-order valence-corrected chi connectivity index (χ0v) is 13.8. The third-order valence-electron chi connectivity index (χ3n) is 3.55. The fourth-order valence-electron chi connectivity index (χ4n) is 2.57. The van der Waals surface area contributed by atoms with Crippen LogP contribution in [0.3, 0.4) is 0 Å². The molecule has 0 atom stereocenters. The molecule has 0 spiro atoms. The van der Waals surface area contributed by atoms with Gasteiger partial charge in [-0.15, -0.1) is 0 Å². The van der Waals surface area contributed by atoms with Gasteiger partial charge in [-0.3, -0.25) is 4.68 Å². The Bertz CT molecular complexity index is 820. The molecule has 5 nitrogen and oxygen atoms in total. The summed E-state index contributed by atoms with van der Waals surface area (Å²) in [6.45, 7) is 8.13. The summed E-state index contributed by atoms with van der Waals surface area (Å²) >= 11 is 0. The first-order chi connectivity index (χ1) is 10.8. The first-order valence-corrected chi connectivity index (χ1v) is 7.56. The van der Waals surface area contributed by atoms with Crippen molar-refractivity contribution in [2.45, 2.75) is 39.8 Å². The van der Waals surface area contributed by atoms with Crippen LogP contribution in [0.1, 0.15) is 42.7 Å². The minimum atomic E-state index is -0.448. The maximum atomic E-state index is 12.2. The molecule has 0 N–H and O–H groups in total. The second-order valence-corrected chi connectivity index (χ2v) is 6.58. The lowest BCUT2D eigenvalue weighted by atomic mass is 10.1. The van der Waals surface area contributed by atoms with Gasteiger partial charge in [-0.25, -0.2) is 4.79 Å². The van der Waals surface area contributed by atoms with Gasteiger partial charge in [0.05, 0.1) is 5.54 Å². The van der Waals surface area contributed by atoms with Gasteiger partial charge in [-0.2, -0.15) is 5.10 Å². The summed E-state index contributed by atoms with van der Waals surface area (Å²) in [5.74, 6) is 0.170. The highest BCUT2D eigenvalue weighted by atomic mass is 16.5. The largest absolute Gasteiger partial charge is 0.457 e. The molecule has 0 aliphatic heterocycles. The van der Waals surface area contributed by atoms with Crippen LogP contribution in [0, 0.1) is 6.92 Å². The Morgan fingerprint density at radius 2 is 2.00 bits per heavy atom. The molecule has 2 aromatic heterocycles. The van der Waals surface area contributed by atoms with E-state index in [2.05, 4.69) is 5.10 Å². The average molecular weight is 312 g/mol. The van der Waals surface area contributed by atoms with Crippen molar-refractivity contribution in [3.63, 3.8) is 0 Å². The van der Waals surface area contributed by atoms with E-state index in [1.807, 2.05) is 62.7 Å². The molecule has 2 heterocycles. The van der Waals surface area contributed by atoms with Gasteiger partial charge in [0.2, 0.25) is 0 Å². The number of aromatic nitrogens is 2. The van der Waals surface area contributed by atoms with Crippen molar-refractivity contribution < 1.29 is 13.9 Å². The highest BCUT2D eigenvalue weighted by molar-refractivity contribution is 5.87. The number of para-hydroxylation sites is 1. The van der Waals surface area contributed by atoms with Gasteiger partial charge in [-0.1, -0.05) is 18.2 Å². The number of esters is 1. The molecular formula is C18H20N2O3. The van der Waals surface area contributed by atoms with Gasteiger partial charge in [0.25, 0.3) is 0 Å². The van der Waals surface area contributed by atoms with E-state index in [4.69, 9.17) is 9.15 Å². The number of ether oxygens (including phenoxy) is 1. The van der Waals surface area contributed by atoms with Crippen molar-refractivity contribution in [2.24, 2.45) is 0 Å². The summed E-state index contributed by atoms with van der Waals surface area (Å²) in [5, 5.41) is 5.34. The van der Waals surface area contributed by atoms with Crippen LogP contribution in [0.4, 0.5) is 0 Å². The molecule has 0 fully saturated rings. The average Bonchev–Trinajstić information content (AvgIpc) is 3.07. The summed E-state index contributed by atoms with van der Waals surface area (Å²) in [7, 11) is 0. The molecule has 1 aromatic carbocycles. The van der Waals surface area contributed by atoms with E-state index in [9.17, 15) is 4.79 Å². The number of rotatable bonds is 3. The number of carbonyl (C=O) groups is 1. The van der Waals surface area contributed by atoms with Gasteiger partial charge in [0, 0.05) is 11.1 Å². The molecular weight excluding hydrogens is 292 g/mol. The number of aryl methyl sites for hydroxylation is 1. The van der Waals surface area contributed by atoms with Crippen LogP contribution in [0.15, 0.2) is 40.8 Å². The Hall–Kier alpha value is -2.56. The van der Waals surface area contributed by atoms with Gasteiger partial charge < -0.3 is 9.15 Å². The van der Waals surface area contributed by atoms with Crippen LogP contribution < -0.4 is 0 Å². The van der Waals surface area contributed by atoms with E-state index >= 15 is 0 Å². The molecule has 23 heavy (non-hydrogen) atoms. The van der Waals surface area contributed by atoms with E-state index in [1.54, 1.807) is 6.07 Å². The number of hydrogen-bond acceptors (Lipinski definition) is 4. The van der Waals surface area contributed by atoms with E-state index in [0.717, 1.165) is 16.7 Å². The van der Waals surface area contributed by atoms with Crippen LogP contribution in [-0.4, -0.2) is 15.7 Å². The van der Waals surface area contributed by atoms with E-state index in [1.165, 1.54) is 0 Å². The number of hydrogen-bond donors (Lipinski definition) is 0. The Labute approximate surface area is 134 Å². The molecule has 0 aliphatic rings. The molecule has 5 heteroatoms. The van der Waals surface area contributed by atoms with Crippen LogP contribution in [0.25, 0.3) is 11.0 Å². The fourth-order valence-corrected chi connectivity index (χ4v) is 2.57. The first kappa shape index (κ1) is 15.3. The highest BCUT2D eigenvalue weighted by Crippen LogP contribution is 2.20. The summed E-state index contributed by atoms with van der Waals surface area (Å²) in [4.78, 5) is 12.2. The van der Waals surface area contributed by atoms with Gasteiger partial charge >= 0.3 is 5.97 Å². The number of fused-ring (bicyclic) bond motifs is 1. The van der Waals surface area contributed by atoms with Crippen molar-refractivity contribution >= 4 is 16.9 Å². The summed E-state index contributed by atoms with van der Waals surface area (Å²) in [5.41, 5.74) is 1.84. The van der Waals surface area contributed by atoms with Crippen molar-refractivity contribution in [2.75, 3.05) is 0 Å². The summed E-state index contributed by atoms with van der Waals surface area (Å²) in [6, 6.07) is 11.3. The van der Waals surface area contributed by atoms with Crippen molar-refractivity contribution in [3.8, 4) is 0 Å². The molecule has 0 saturated heterocycles. The van der Waals surface area contributed by atoms with E-state index < -0.39 is 5.97 Å². The molecule has 0 unspecified atom stereocenters. The second kappa shape index (κ2) is 5.57. The number of benzene rings is 1. The van der Waals surface area contributed by atoms with Crippen LogP contribution in [-0.2, 0) is 16.9 Å². The van der Waals surface area contributed by atoms with Gasteiger partial charge in [0.1, 0.15) is 18.0 Å². The summed E-state index contributed by atoms with van der Waals surface area (Å²) < 4.78 is 12.8. The molecule has 0 aliphatic carbocycles. The predicted molar refractivity (Wildman–Crippen MR) is 87.3 cm³/mol. The maximum absolute atomic E-state index is 12.2. The molecule has 0 saturated carbocycles. The predicted octanol–water partition coefficient (Wildman–Crippen LogP) is 4.05. The Balaban J connectivity index is 1.72.